The Bertz CT molecular complexity index is 1400. The number of carbonyl (C=O) groups is 2. The van der Waals surface area contributed by atoms with Crippen molar-refractivity contribution in [2.75, 3.05) is 4.90 Å². The molecular weight excluding hydrogens is 453 g/mol. The van der Waals surface area contributed by atoms with E-state index in [0.717, 1.165) is 11.3 Å². The maximum atomic E-state index is 13.7. The first-order valence-electron chi connectivity index (χ1n) is 9.47. The Balaban J connectivity index is 1.72. The number of amides is 1. The third kappa shape index (κ3) is 3.34. The summed E-state index contributed by atoms with van der Waals surface area (Å²) in [6.45, 7) is 0. The average Bonchev–Trinajstić information content (AvgIpc) is 3.32. The number of Topliss-reactive ketones (excluding diaryl/α,β-unsaturated/α-hetero) is 1. The Labute approximate surface area is 190 Å². The van der Waals surface area contributed by atoms with Crippen LogP contribution in [0.1, 0.15) is 17.2 Å². The van der Waals surface area contributed by atoms with E-state index in [-0.39, 0.29) is 16.5 Å². The lowest BCUT2D eigenvalue weighted by Gasteiger charge is -2.22. The van der Waals surface area contributed by atoms with Gasteiger partial charge >= 0.3 is 5.91 Å². The molecule has 9 heteroatoms. The number of carbonyl (C=O) groups excluding carboxylic acids is 2. The highest BCUT2D eigenvalue weighted by Gasteiger charge is 2.48. The minimum Gasteiger partial charge on any atom is -0.507 e. The zero-order chi connectivity index (χ0) is 22.4. The van der Waals surface area contributed by atoms with E-state index in [0.29, 0.717) is 26.4 Å². The maximum absolute atomic E-state index is 13.7. The van der Waals surface area contributed by atoms with Crippen molar-refractivity contribution < 1.29 is 19.1 Å². The van der Waals surface area contributed by atoms with E-state index in [4.69, 9.17) is 11.6 Å². The quantitative estimate of drug-likeness (QED) is 0.258. The number of nitrogens with zero attached hydrogens (tertiary/aromatic N) is 3. The summed E-state index contributed by atoms with van der Waals surface area (Å²) in [6.07, 6.45) is 3.08. The number of aliphatic hydroxyl groups excluding tert-OH is 1. The van der Waals surface area contributed by atoms with E-state index in [1.807, 2.05) is 0 Å². The highest BCUT2D eigenvalue weighted by atomic mass is 35.5. The molecule has 1 fully saturated rings. The number of halogens is 2. The molecule has 2 aromatic heterocycles. The Kier molecular flexibility index (Phi) is 4.96. The minimum atomic E-state index is -0.954. The minimum absolute atomic E-state index is 0.0873. The topological polar surface area (TPSA) is 83.4 Å². The third-order valence-corrected chi connectivity index (χ3v) is 6.38. The van der Waals surface area contributed by atoms with Gasteiger partial charge in [-0.2, -0.15) is 0 Å². The highest BCUT2D eigenvalue weighted by molar-refractivity contribution is 7.22. The fraction of sp³-hybridized carbons (Fsp3) is 0.0435. The van der Waals surface area contributed by atoms with Crippen LogP contribution in [0, 0.1) is 5.82 Å². The largest absolute Gasteiger partial charge is 0.507 e. The number of thiazole rings is 1. The van der Waals surface area contributed by atoms with Gasteiger partial charge in [-0.05, 0) is 54.1 Å². The first-order valence-corrected chi connectivity index (χ1v) is 10.7. The molecule has 0 bridgehead atoms. The number of pyridine rings is 1. The molecule has 5 rings (SSSR count). The van der Waals surface area contributed by atoms with Gasteiger partial charge < -0.3 is 5.11 Å². The van der Waals surface area contributed by atoms with Crippen molar-refractivity contribution >= 4 is 55.7 Å². The van der Waals surface area contributed by atoms with Crippen LogP contribution < -0.4 is 4.90 Å². The SMILES string of the molecule is O=C1C(=O)N(c2nc3ccc(F)cc3s2)C(c2cccnc2)/C1=C(\O)c1ccc(Cl)cc1. The molecule has 1 amide bonds. The molecule has 2 aromatic carbocycles. The molecule has 0 radical (unpaired) electrons. The molecule has 158 valence electrons. The van der Waals surface area contributed by atoms with Gasteiger partial charge in [-0.3, -0.25) is 19.5 Å². The summed E-state index contributed by atoms with van der Waals surface area (Å²) < 4.78 is 14.2. The number of aliphatic hydroxyl groups is 1. The van der Waals surface area contributed by atoms with Crippen LogP contribution in [0.2, 0.25) is 5.02 Å². The maximum Gasteiger partial charge on any atom is 0.301 e. The molecular formula is C23H13ClFN3O3S. The molecule has 1 saturated heterocycles. The molecule has 4 aromatic rings. The second-order valence-electron chi connectivity index (χ2n) is 7.07. The number of ketones is 1. The summed E-state index contributed by atoms with van der Waals surface area (Å²) in [4.78, 5) is 36.0. The van der Waals surface area contributed by atoms with Crippen molar-refractivity contribution in [3.63, 3.8) is 0 Å². The van der Waals surface area contributed by atoms with Crippen LogP contribution in [0.5, 0.6) is 0 Å². The number of aromatic nitrogens is 2. The molecule has 1 unspecified atom stereocenters. The first-order chi connectivity index (χ1) is 15.4. The van der Waals surface area contributed by atoms with Crippen LogP contribution in [-0.4, -0.2) is 26.8 Å². The number of benzene rings is 2. The predicted molar refractivity (Wildman–Crippen MR) is 120 cm³/mol. The summed E-state index contributed by atoms with van der Waals surface area (Å²) in [5.41, 5.74) is 1.27. The molecule has 0 saturated carbocycles. The van der Waals surface area contributed by atoms with Crippen molar-refractivity contribution in [2.24, 2.45) is 0 Å². The van der Waals surface area contributed by atoms with E-state index >= 15 is 0 Å². The van der Waals surface area contributed by atoms with Crippen molar-refractivity contribution in [3.05, 3.63) is 94.5 Å². The van der Waals surface area contributed by atoms with Gasteiger partial charge in [0, 0.05) is 23.0 Å². The number of anilines is 1. The van der Waals surface area contributed by atoms with E-state index < -0.39 is 23.5 Å². The lowest BCUT2D eigenvalue weighted by atomic mass is 9.96. The molecule has 1 atom stereocenters. The van der Waals surface area contributed by atoms with Crippen molar-refractivity contribution in [1.29, 1.82) is 0 Å². The Morgan fingerprint density at radius 3 is 2.62 bits per heavy atom. The molecule has 1 aliphatic rings. The smallest absolute Gasteiger partial charge is 0.301 e. The lowest BCUT2D eigenvalue weighted by molar-refractivity contribution is -0.132. The summed E-state index contributed by atoms with van der Waals surface area (Å²) in [7, 11) is 0. The molecule has 0 aliphatic carbocycles. The molecule has 6 nitrogen and oxygen atoms in total. The summed E-state index contributed by atoms with van der Waals surface area (Å²) in [5.74, 6) is -2.45. The summed E-state index contributed by atoms with van der Waals surface area (Å²) in [5, 5.41) is 11.7. The number of rotatable bonds is 3. The van der Waals surface area contributed by atoms with E-state index in [9.17, 15) is 19.1 Å². The lowest BCUT2D eigenvalue weighted by Crippen LogP contribution is -2.29. The zero-order valence-electron chi connectivity index (χ0n) is 16.2. The van der Waals surface area contributed by atoms with Crippen molar-refractivity contribution in [2.45, 2.75) is 6.04 Å². The Morgan fingerprint density at radius 1 is 1.12 bits per heavy atom. The predicted octanol–water partition coefficient (Wildman–Crippen LogP) is 5.11. The van der Waals surface area contributed by atoms with Gasteiger partial charge in [0.15, 0.2) is 5.13 Å². The highest BCUT2D eigenvalue weighted by Crippen LogP contribution is 2.44. The van der Waals surface area contributed by atoms with Crippen LogP contribution in [0.3, 0.4) is 0 Å². The second kappa shape index (κ2) is 7.81. The first kappa shape index (κ1) is 20.3. The van der Waals surface area contributed by atoms with Crippen molar-refractivity contribution in [3.8, 4) is 0 Å². The van der Waals surface area contributed by atoms with Gasteiger partial charge in [0.1, 0.15) is 11.6 Å². The molecule has 1 N–H and O–H groups in total. The monoisotopic (exact) mass is 465 g/mol. The van der Waals surface area contributed by atoms with Crippen molar-refractivity contribution in [1.82, 2.24) is 9.97 Å². The molecule has 3 heterocycles. The molecule has 0 spiro atoms. The fourth-order valence-corrected chi connectivity index (χ4v) is 4.78. The third-order valence-electron chi connectivity index (χ3n) is 5.11. The van der Waals surface area contributed by atoms with Gasteiger partial charge in [-0.25, -0.2) is 9.37 Å². The van der Waals surface area contributed by atoms with E-state index in [1.54, 1.807) is 42.6 Å². The number of hydrogen-bond donors (Lipinski definition) is 1. The van der Waals surface area contributed by atoms with Gasteiger partial charge in [0.05, 0.1) is 21.8 Å². The standard InChI is InChI=1S/C23H13ClFN3O3S/c24-14-5-3-12(4-6-14)20(29)18-19(13-2-1-9-26-11-13)28(22(31)21(18)30)23-27-16-8-7-15(25)10-17(16)32-23/h1-11,19,29H/b20-18+. The van der Waals surface area contributed by atoms with Crippen LogP contribution >= 0.6 is 22.9 Å². The van der Waals surface area contributed by atoms with Crippen LogP contribution in [-0.2, 0) is 9.59 Å². The molecule has 32 heavy (non-hydrogen) atoms. The Morgan fingerprint density at radius 2 is 1.91 bits per heavy atom. The van der Waals surface area contributed by atoms with Crippen LogP contribution in [0.4, 0.5) is 9.52 Å². The number of fused-ring (bicyclic) bond motifs is 1. The van der Waals surface area contributed by atoms with Crippen LogP contribution in [0.25, 0.3) is 16.0 Å². The van der Waals surface area contributed by atoms with E-state index in [1.165, 1.54) is 29.3 Å². The van der Waals surface area contributed by atoms with Gasteiger partial charge in [0.25, 0.3) is 5.78 Å². The van der Waals surface area contributed by atoms with Crippen LogP contribution in [0.15, 0.2) is 72.6 Å². The molecule has 1 aliphatic heterocycles. The summed E-state index contributed by atoms with van der Waals surface area (Å²) >= 11 is 7.02. The van der Waals surface area contributed by atoms with E-state index in [2.05, 4.69) is 9.97 Å². The summed E-state index contributed by atoms with van der Waals surface area (Å²) in [6, 6.07) is 12.8. The fourth-order valence-electron chi connectivity index (χ4n) is 3.64. The Hall–Kier alpha value is -3.62. The normalized spacial score (nSPS) is 17.9. The van der Waals surface area contributed by atoms with Gasteiger partial charge in [-0.1, -0.05) is 29.0 Å². The van der Waals surface area contributed by atoms with Gasteiger partial charge in [-0.15, -0.1) is 0 Å². The second-order valence-corrected chi connectivity index (χ2v) is 8.52. The number of hydrogen-bond acceptors (Lipinski definition) is 6. The zero-order valence-corrected chi connectivity index (χ0v) is 17.8. The average molecular weight is 466 g/mol. The van der Waals surface area contributed by atoms with Gasteiger partial charge in [0.2, 0.25) is 0 Å².